The van der Waals surface area contributed by atoms with Crippen LogP contribution in [0.1, 0.15) is 24.8 Å². The number of carbonyl (C=O) groups is 5. The van der Waals surface area contributed by atoms with Gasteiger partial charge in [-0.15, -0.1) is 0 Å². The minimum absolute atomic E-state index is 0.0290. The van der Waals surface area contributed by atoms with Crippen molar-refractivity contribution in [1.82, 2.24) is 20.9 Å². The number of carbonyl (C=O) groups excluding carboxylic acids is 4. The van der Waals surface area contributed by atoms with Crippen molar-refractivity contribution in [2.45, 2.75) is 49.9 Å². The molecule has 15 nitrogen and oxygen atoms in total. The van der Waals surface area contributed by atoms with Crippen molar-refractivity contribution >= 4 is 59.1 Å². The van der Waals surface area contributed by atoms with Crippen LogP contribution in [0.3, 0.4) is 0 Å². The maximum absolute atomic E-state index is 12.9. The second-order valence-corrected chi connectivity index (χ2v) is 9.36. The summed E-state index contributed by atoms with van der Waals surface area (Å²) in [6, 6.07) is 2.41. The molecule has 1 aromatic carbocycles. The molecule has 13 N–H and O–H groups in total. The molecule has 4 unspecified atom stereocenters. The first-order valence-corrected chi connectivity index (χ1v) is 12.9. The number of carboxylic acid groups (broad SMARTS) is 1. The Hall–Kier alpha value is -4.31. The fourth-order valence-electron chi connectivity index (χ4n) is 3.82. The number of aromatic nitrogens is 1. The Morgan fingerprint density at radius 3 is 2.20 bits per heavy atom. The fraction of sp³-hybridized carbons (Fsp3) is 0.417. The van der Waals surface area contributed by atoms with Crippen LogP contribution in [0.4, 0.5) is 0 Å². The standard InChI is InChI=1S/C24H35N9O6S/c25-14(8-12-10-30-15-5-2-1-4-13(12)15)20(35)33-18(11-40)22(37)32-17(9-19(26)34)21(36)31-16(23(38)39)6-3-7-29-24(27)28/h1-2,4-5,10,14,16-18,30,40H,3,6-9,11,25H2,(H2,26,34)(H,31,36)(H,32,37)(H,33,35)(H,38,39)(H4,27,28,29). The molecule has 0 bridgehead atoms. The van der Waals surface area contributed by atoms with E-state index in [-0.39, 0.29) is 37.5 Å². The van der Waals surface area contributed by atoms with Gasteiger partial charge in [0.15, 0.2) is 5.96 Å². The molecule has 0 aliphatic heterocycles. The van der Waals surface area contributed by atoms with Crippen molar-refractivity contribution in [3.63, 3.8) is 0 Å². The van der Waals surface area contributed by atoms with E-state index in [0.717, 1.165) is 16.5 Å². The Morgan fingerprint density at radius 1 is 0.950 bits per heavy atom. The van der Waals surface area contributed by atoms with Crippen LogP contribution in [-0.2, 0) is 30.4 Å². The molecule has 2 aromatic rings. The number of nitrogens with one attached hydrogen (secondary N) is 4. The SMILES string of the molecule is NC(=O)CC(NC(=O)C(CS)NC(=O)C(N)Cc1c[nH]c2ccccc12)C(=O)NC(CCCN=C(N)N)C(=O)O. The number of carboxylic acids is 1. The summed E-state index contributed by atoms with van der Waals surface area (Å²) in [7, 11) is 0. The number of nitrogens with two attached hydrogens (primary N) is 4. The summed E-state index contributed by atoms with van der Waals surface area (Å²) in [5.74, 6) is -5.03. The van der Waals surface area contributed by atoms with Gasteiger partial charge < -0.3 is 49.0 Å². The molecular weight excluding hydrogens is 542 g/mol. The van der Waals surface area contributed by atoms with Gasteiger partial charge >= 0.3 is 5.97 Å². The topological polar surface area (TPSA) is 274 Å². The van der Waals surface area contributed by atoms with E-state index < -0.39 is 60.2 Å². The van der Waals surface area contributed by atoms with Gasteiger partial charge in [0.05, 0.1) is 12.5 Å². The van der Waals surface area contributed by atoms with Crippen LogP contribution < -0.4 is 38.9 Å². The normalized spacial score (nSPS) is 13.8. The van der Waals surface area contributed by atoms with Crippen LogP contribution in [-0.4, -0.2) is 82.1 Å². The summed E-state index contributed by atoms with van der Waals surface area (Å²) in [6.07, 6.45) is 1.51. The molecule has 0 fully saturated rings. The summed E-state index contributed by atoms with van der Waals surface area (Å²) < 4.78 is 0. The Morgan fingerprint density at radius 2 is 1.57 bits per heavy atom. The zero-order chi connectivity index (χ0) is 29.8. The number of primary amides is 1. The Kier molecular flexibility index (Phi) is 12.2. The van der Waals surface area contributed by atoms with Crippen LogP contribution >= 0.6 is 12.6 Å². The number of fused-ring (bicyclic) bond motifs is 1. The van der Waals surface area contributed by atoms with E-state index in [2.05, 4.69) is 38.6 Å². The van der Waals surface area contributed by atoms with Crippen molar-refractivity contribution in [2.24, 2.45) is 27.9 Å². The Balaban J connectivity index is 2.02. The number of H-pyrrole nitrogens is 1. The zero-order valence-corrected chi connectivity index (χ0v) is 22.5. The molecule has 1 aromatic heterocycles. The predicted molar refractivity (Wildman–Crippen MR) is 151 cm³/mol. The largest absolute Gasteiger partial charge is 0.480 e. The van der Waals surface area contributed by atoms with Gasteiger partial charge in [-0.2, -0.15) is 12.6 Å². The van der Waals surface area contributed by atoms with Gasteiger partial charge in [-0.3, -0.25) is 24.2 Å². The number of hydrogen-bond donors (Lipinski definition) is 10. The second-order valence-electron chi connectivity index (χ2n) is 8.99. The lowest BCUT2D eigenvalue weighted by Crippen LogP contribution is -2.58. The van der Waals surface area contributed by atoms with Crippen molar-refractivity contribution < 1.29 is 29.1 Å². The molecule has 16 heteroatoms. The lowest BCUT2D eigenvalue weighted by molar-refractivity contribution is -0.142. The number of para-hydroxylation sites is 1. The minimum Gasteiger partial charge on any atom is -0.480 e. The first-order valence-electron chi connectivity index (χ1n) is 12.3. The van der Waals surface area contributed by atoms with Crippen LogP contribution in [0.25, 0.3) is 10.9 Å². The van der Waals surface area contributed by atoms with Crippen LogP contribution in [0.15, 0.2) is 35.5 Å². The van der Waals surface area contributed by atoms with Crippen LogP contribution in [0.2, 0.25) is 0 Å². The molecular formula is C24H35N9O6S. The fourth-order valence-corrected chi connectivity index (χ4v) is 4.08. The van der Waals surface area contributed by atoms with Gasteiger partial charge in [-0.25, -0.2) is 4.79 Å². The monoisotopic (exact) mass is 577 g/mol. The third-order valence-corrected chi connectivity index (χ3v) is 6.23. The van der Waals surface area contributed by atoms with E-state index in [1.165, 1.54) is 0 Å². The third kappa shape index (κ3) is 9.77. The number of aliphatic carboxylic acids is 1. The number of aliphatic imine (C=N–C) groups is 1. The predicted octanol–water partition coefficient (Wildman–Crippen LogP) is -2.56. The number of aromatic amines is 1. The Labute approximate surface area is 235 Å². The van der Waals surface area contributed by atoms with E-state index in [0.29, 0.717) is 0 Å². The van der Waals surface area contributed by atoms with Crippen molar-refractivity contribution in [2.75, 3.05) is 12.3 Å². The smallest absolute Gasteiger partial charge is 0.326 e. The lowest BCUT2D eigenvalue weighted by Gasteiger charge is -2.24. The average molecular weight is 578 g/mol. The minimum atomic E-state index is -1.51. The van der Waals surface area contributed by atoms with E-state index in [1.54, 1.807) is 6.20 Å². The number of thiol groups is 1. The molecule has 0 aliphatic rings. The average Bonchev–Trinajstić information content (AvgIpc) is 3.30. The number of guanidine groups is 1. The quantitative estimate of drug-likeness (QED) is 0.0434. The third-order valence-electron chi connectivity index (χ3n) is 5.87. The van der Waals surface area contributed by atoms with Gasteiger partial charge in [0.25, 0.3) is 0 Å². The maximum Gasteiger partial charge on any atom is 0.326 e. The molecule has 0 spiro atoms. The van der Waals surface area contributed by atoms with Gasteiger partial charge in [-0.1, -0.05) is 18.2 Å². The van der Waals surface area contributed by atoms with Gasteiger partial charge in [-0.05, 0) is 30.9 Å². The lowest BCUT2D eigenvalue weighted by atomic mass is 10.0. The van der Waals surface area contributed by atoms with Crippen LogP contribution in [0, 0.1) is 0 Å². The molecule has 0 saturated carbocycles. The molecule has 2 rings (SSSR count). The second kappa shape index (κ2) is 15.3. The molecule has 0 saturated heterocycles. The summed E-state index contributed by atoms with van der Waals surface area (Å²) in [4.78, 5) is 68.5. The first-order chi connectivity index (χ1) is 18.9. The van der Waals surface area contributed by atoms with E-state index >= 15 is 0 Å². The maximum atomic E-state index is 12.9. The van der Waals surface area contributed by atoms with Gasteiger partial charge in [0.2, 0.25) is 23.6 Å². The van der Waals surface area contributed by atoms with Crippen molar-refractivity contribution in [3.05, 3.63) is 36.0 Å². The summed E-state index contributed by atoms with van der Waals surface area (Å²) in [6.45, 7) is 0.134. The van der Waals surface area contributed by atoms with E-state index in [9.17, 15) is 29.1 Å². The number of nitrogens with zero attached hydrogens (tertiary/aromatic N) is 1. The first kappa shape index (κ1) is 31.9. The molecule has 218 valence electrons. The highest BCUT2D eigenvalue weighted by molar-refractivity contribution is 7.80. The molecule has 40 heavy (non-hydrogen) atoms. The molecule has 0 radical (unpaired) electrons. The summed E-state index contributed by atoms with van der Waals surface area (Å²) in [5.41, 5.74) is 23.5. The van der Waals surface area contributed by atoms with Gasteiger partial charge in [0.1, 0.15) is 18.1 Å². The van der Waals surface area contributed by atoms with E-state index in [1.807, 2.05) is 24.3 Å². The van der Waals surface area contributed by atoms with Gasteiger partial charge in [0, 0.05) is 29.4 Å². The number of hydrogen-bond acceptors (Lipinski definition) is 8. The number of benzene rings is 1. The van der Waals surface area contributed by atoms with Crippen molar-refractivity contribution in [1.29, 1.82) is 0 Å². The van der Waals surface area contributed by atoms with Crippen molar-refractivity contribution in [3.8, 4) is 0 Å². The number of rotatable bonds is 16. The molecule has 4 atom stereocenters. The van der Waals surface area contributed by atoms with Crippen LogP contribution in [0.5, 0.6) is 0 Å². The summed E-state index contributed by atoms with van der Waals surface area (Å²) >= 11 is 4.10. The summed E-state index contributed by atoms with van der Waals surface area (Å²) in [5, 5.41) is 17.5. The molecule has 1 heterocycles. The number of amides is 4. The highest BCUT2D eigenvalue weighted by Gasteiger charge is 2.31. The Bertz CT molecular complexity index is 1250. The highest BCUT2D eigenvalue weighted by Crippen LogP contribution is 2.18. The van der Waals surface area contributed by atoms with E-state index in [4.69, 9.17) is 22.9 Å². The zero-order valence-electron chi connectivity index (χ0n) is 21.6. The molecule has 4 amide bonds. The molecule has 0 aliphatic carbocycles. The highest BCUT2D eigenvalue weighted by atomic mass is 32.1.